The first-order valence-electron chi connectivity index (χ1n) is 5.08. The Balaban J connectivity index is 2.37. The molecule has 0 amide bonds. The Morgan fingerprint density at radius 1 is 1.31 bits per heavy atom. The smallest absolute Gasteiger partial charge is 0.304 e. The average Bonchev–Trinajstić information content (AvgIpc) is 2.27. The summed E-state index contributed by atoms with van der Waals surface area (Å²) in [6, 6.07) is 0. The lowest BCUT2D eigenvalue weighted by molar-refractivity contribution is -0.137. The number of carbonyl (C=O) groups is 1. The lowest BCUT2D eigenvalue weighted by Gasteiger charge is -2.33. The lowest BCUT2D eigenvalue weighted by atomic mass is 10.3. The van der Waals surface area contributed by atoms with Gasteiger partial charge in [0.2, 0.25) is 0 Å². The molecule has 1 heterocycles. The maximum Gasteiger partial charge on any atom is 0.304 e. The maximum atomic E-state index is 11.4. The van der Waals surface area contributed by atoms with E-state index in [2.05, 4.69) is 4.72 Å². The van der Waals surface area contributed by atoms with Gasteiger partial charge in [-0.2, -0.15) is 12.7 Å². The molecule has 0 aromatic rings. The zero-order valence-electron chi connectivity index (χ0n) is 9.22. The van der Waals surface area contributed by atoms with E-state index < -0.39 is 16.2 Å². The largest absolute Gasteiger partial charge is 0.481 e. The van der Waals surface area contributed by atoms with E-state index in [-0.39, 0.29) is 6.42 Å². The molecule has 0 aromatic heterocycles. The predicted molar refractivity (Wildman–Crippen MR) is 58.2 cm³/mol. The van der Waals surface area contributed by atoms with Crippen molar-refractivity contribution in [2.45, 2.75) is 6.42 Å². The van der Waals surface area contributed by atoms with Crippen molar-refractivity contribution in [2.24, 2.45) is 0 Å². The molecule has 0 radical (unpaired) electrons. The van der Waals surface area contributed by atoms with E-state index in [1.54, 1.807) is 0 Å². The van der Waals surface area contributed by atoms with Crippen LogP contribution in [0.2, 0.25) is 0 Å². The molecule has 0 bridgehead atoms. The Bertz CT molecular complexity index is 335. The van der Waals surface area contributed by atoms with Gasteiger partial charge in [-0.3, -0.25) is 4.79 Å². The number of nitrogens with zero attached hydrogens (tertiary/aromatic N) is 2. The minimum absolute atomic E-state index is 0.0960. The number of hydrogen-bond acceptors (Lipinski definition) is 4. The minimum Gasteiger partial charge on any atom is -0.481 e. The average molecular weight is 251 g/mol. The molecular formula is C8H17N3O4S. The van der Waals surface area contributed by atoms with E-state index in [0.717, 1.165) is 0 Å². The Kier molecular flexibility index (Phi) is 4.66. The second-order valence-corrected chi connectivity index (χ2v) is 5.47. The highest BCUT2D eigenvalue weighted by atomic mass is 32.2. The van der Waals surface area contributed by atoms with Crippen molar-refractivity contribution in [2.75, 3.05) is 39.8 Å². The first-order valence-corrected chi connectivity index (χ1v) is 6.52. The molecule has 2 N–H and O–H groups in total. The van der Waals surface area contributed by atoms with Gasteiger partial charge in [0.05, 0.1) is 6.42 Å². The molecule has 1 aliphatic heterocycles. The molecule has 0 saturated carbocycles. The van der Waals surface area contributed by atoms with Crippen molar-refractivity contribution >= 4 is 16.2 Å². The predicted octanol–water partition coefficient (Wildman–Crippen LogP) is -1.46. The SMILES string of the molecule is CNS(=O)(=O)N1CCN(CCC(=O)O)CC1. The van der Waals surface area contributed by atoms with Crippen molar-refractivity contribution in [3.05, 3.63) is 0 Å². The number of nitrogens with one attached hydrogen (secondary N) is 1. The molecule has 1 saturated heterocycles. The van der Waals surface area contributed by atoms with E-state index in [1.165, 1.54) is 11.4 Å². The van der Waals surface area contributed by atoms with Gasteiger partial charge in [-0.05, 0) is 0 Å². The van der Waals surface area contributed by atoms with Crippen molar-refractivity contribution in [1.29, 1.82) is 0 Å². The number of carboxylic acid groups (broad SMARTS) is 1. The summed E-state index contributed by atoms with van der Waals surface area (Å²) >= 11 is 0. The molecule has 1 rings (SSSR count). The molecule has 94 valence electrons. The number of rotatable bonds is 5. The summed E-state index contributed by atoms with van der Waals surface area (Å²) in [6.45, 7) is 2.44. The summed E-state index contributed by atoms with van der Waals surface area (Å²) in [7, 11) is -1.95. The molecule has 0 atom stereocenters. The van der Waals surface area contributed by atoms with Crippen molar-refractivity contribution in [3.8, 4) is 0 Å². The van der Waals surface area contributed by atoms with Crippen LogP contribution in [-0.4, -0.2) is 68.5 Å². The third-order valence-corrected chi connectivity index (χ3v) is 4.13. The van der Waals surface area contributed by atoms with Crippen LogP contribution in [0.3, 0.4) is 0 Å². The third-order valence-electron chi connectivity index (χ3n) is 2.57. The highest BCUT2D eigenvalue weighted by Gasteiger charge is 2.25. The van der Waals surface area contributed by atoms with Crippen molar-refractivity contribution in [3.63, 3.8) is 0 Å². The Labute approximate surface area is 95.2 Å². The maximum absolute atomic E-state index is 11.4. The zero-order chi connectivity index (χ0) is 12.2. The first kappa shape index (κ1) is 13.4. The van der Waals surface area contributed by atoms with Crippen LogP contribution < -0.4 is 4.72 Å². The van der Waals surface area contributed by atoms with Gasteiger partial charge < -0.3 is 10.0 Å². The normalized spacial score (nSPS) is 19.8. The van der Waals surface area contributed by atoms with Gasteiger partial charge in [-0.1, -0.05) is 0 Å². The molecule has 1 aliphatic rings. The van der Waals surface area contributed by atoms with Crippen molar-refractivity contribution < 1.29 is 18.3 Å². The zero-order valence-corrected chi connectivity index (χ0v) is 10.0. The van der Waals surface area contributed by atoms with Gasteiger partial charge in [0, 0.05) is 39.8 Å². The van der Waals surface area contributed by atoms with E-state index in [0.29, 0.717) is 32.7 Å². The molecule has 0 aliphatic carbocycles. The quantitative estimate of drug-likeness (QED) is 0.623. The third kappa shape index (κ3) is 3.71. The molecule has 1 fully saturated rings. The standard InChI is InChI=1S/C8H17N3O4S/c1-9-16(14,15)11-6-4-10(5-7-11)3-2-8(12)13/h9H,2-7H2,1H3,(H,12,13). The van der Waals surface area contributed by atoms with Gasteiger partial charge in [0.1, 0.15) is 0 Å². The van der Waals surface area contributed by atoms with Gasteiger partial charge >= 0.3 is 5.97 Å². The van der Waals surface area contributed by atoms with Crippen LogP contribution >= 0.6 is 0 Å². The van der Waals surface area contributed by atoms with Crippen LogP contribution in [-0.2, 0) is 15.0 Å². The second kappa shape index (κ2) is 5.58. The van der Waals surface area contributed by atoms with Crippen molar-refractivity contribution in [1.82, 2.24) is 13.9 Å². The number of aliphatic carboxylic acids is 1. The van der Waals surface area contributed by atoms with E-state index >= 15 is 0 Å². The molecule has 0 spiro atoms. The highest BCUT2D eigenvalue weighted by molar-refractivity contribution is 7.87. The van der Waals surface area contributed by atoms with Gasteiger partial charge in [0.25, 0.3) is 10.2 Å². The number of piperazine rings is 1. The van der Waals surface area contributed by atoms with Crippen LogP contribution in [0.5, 0.6) is 0 Å². The van der Waals surface area contributed by atoms with E-state index in [4.69, 9.17) is 5.11 Å². The Morgan fingerprint density at radius 3 is 2.31 bits per heavy atom. The summed E-state index contributed by atoms with van der Waals surface area (Å²) in [5.41, 5.74) is 0. The highest BCUT2D eigenvalue weighted by Crippen LogP contribution is 2.05. The monoisotopic (exact) mass is 251 g/mol. The fourth-order valence-electron chi connectivity index (χ4n) is 1.58. The van der Waals surface area contributed by atoms with Crippen LogP contribution in [0.25, 0.3) is 0 Å². The summed E-state index contributed by atoms with van der Waals surface area (Å²) in [6.07, 6.45) is 0.0960. The summed E-state index contributed by atoms with van der Waals surface area (Å²) < 4.78 is 26.5. The molecule has 0 aromatic carbocycles. The van der Waals surface area contributed by atoms with Crippen LogP contribution in [0.1, 0.15) is 6.42 Å². The first-order chi connectivity index (χ1) is 7.45. The lowest BCUT2D eigenvalue weighted by Crippen LogP contribution is -2.51. The molecule has 0 unspecified atom stereocenters. The Morgan fingerprint density at radius 2 is 1.88 bits per heavy atom. The summed E-state index contributed by atoms with van der Waals surface area (Å²) in [5.74, 6) is -0.828. The van der Waals surface area contributed by atoms with Gasteiger partial charge in [-0.15, -0.1) is 0 Å². The number of carboxylic acids is 1. The van der Waals surface area contributed by atoms with E-state index in [9.17, 15) is 13.2 Å². The van der Waals surface area contributed by atoms with Crippen LogP contribution in [0, 0.1) is 0 Å². The fourth-order valence-corrected chi connectivity index (χ4v) is 2.48. The number of hydrogen-bond donors (Lipinski definition) is 2. The second-order valence-electron chi connectivity index (χ2n) is 3.59. The molecular weight excluding hydrogens is 234 g/mol. The molecule has 16 heavy (non-hydrogen) atoms. The molecule has 8 heteroatoms. The van der Waals surface area contributed by atoms with Gasteiger partial charge in [0.15, 0.2) is 0 Å². The van der Waals surface area contributed by atoms with E-state index in [1.807, 2.05) is 4.90 Å². The summed E-state index contributed by atoms with van der Waals surface area (Å²) in [4.78, 5) is 12.3. The summed E-state index contributed by atoms with van der Waals surface area (Å²) in [5, 5.41) is 8.52. The van der Waals surface area contributed by atoms with Crippen LogP contribution in [0.4, 0.5) is 0 Å². The fraction of sp³-hybridized carbons (Fsp3) is 0.875. The van der Waals surface area contributed by atoms with Gasteiger partial charge in [-0.25, -0.2) is 4.72 Å². The Hall–Kier alpha value is -0.700. The molecule has 7 nitrogen and oxygen atoms in total. The minimum atomic E-state index is -3.34. The van der Waals surface area contributed by atoms with Crippen LogP contribution in [0.15, 0.2) is 0 Å². The topological polar surface area (TPSA) is 90.0 Å².